The number of aromatic nitrogens is 4. The molecule has 0 bridgehead atoms. The molecule has 0 aliphatic heterocycles. The van der Waals surface area contributed by atoms with E-state index in [1.807, 2.05) is 25.1 Å². The summed E-state index contributed by atoms with van der Waals surface area (Å²) in [5.74, 6) is 1.88. The first-order valence-electron chi connectivity index (χ1n) is 6.50. The van der Waals surface area contributed by atoms with Crippen molar-refractivity contribution in [1.82, 2.24) is 25.1 Å². The van der Waals surface area contributed by atoms with Crippen LogP contribution in [0.2, 0.25) is 0 Å². The molecule has 5 nitrogen and oxygen atoms in total. The molecule has 1 N–H and O–H groups in total. The minimum Gasteiger partial charge on any atom is -0.307 e. The lowest BCUT2D eigenvalue weighted by molar-refractivity contribution is 0.512. The lowest BCUT2D eigenvalue weighted by atomic mass is 10.3. The van der Waals surface area contributed by atoms with Gasteiger partial charge in [-0.3, -0.25) is 0 Å². The molecular formula is C13H15Cl2N5. The number of nitrogens with one attached hydrogen (secondary N) is 1. The fourth-order valence-corrected chi connectivity index (χ4v) is 2.63. The Hall–Kier alpha value is -1.17. The van der Waals surface area contributed by atoms with Crippen molar-refractivity contribution < 1.29 is 0 Å². The highest BCUT2D eigenvalue weighted by atomic mass is 35.5. The van der Waals surface area contributed by atoms with Gasteiger partial charge < -0.3 is 5.32 Å². The molecule has 0 spiro atoms. The van der Waals surface area contributed by atoms with Crippen LogP contribution in [0.25, 0.3) is 5.82 Å². The molecule has 1 aliphatic carbocycles. The van der Waals surface area contributed by atoms with E-state index in [1.54, 1.807) is 10.9 Å². The Bertz CT molecular complexity index is 583. The van der Waals surface area contributed by atoms with E-state index in [2.05, 4.69) is 20.4 Å². The largest absolute Gasteiger partial charge is 0.307 e. The molecule has 2 aromatic heterocycles. The molecule has 0 aromatic carbocycles. The Morgan fingerprint density at radius 2 is 2.25 bits per heavy atom. The van der Waals surface area contributed by atoms with Gasteiger partial charge in [-0.25, -0.2) is 9.97 Å². The zero-order valence-corrected chi connectivity index (χ0v) is 12.5. The zero-order valence-electron chi connectivity index (χ0n) is 11.0. The van der Waals surface area contributed by atoms with E-state index in [4.69, 9.17) is 23.2 Å². The molecule has 0 amide bonds. The number of hydrogen-bond donors (Lipinski definition) is 1. The van der Waals surface area contributed by atoms with Crippen LogP contribution in [0.15, 0.2) is 30.7 Å². The Morgan fingerprint density at radius 1 is 1.45 bits per heavy atom. The van der Waals surface area contributed by atoms with Crippen molar-refractivity contribution in [2.24, 2.45) is 5.92 Å². The first-order chi connectivity index (χ1) is 9.58. The maximum Gasteiger partial charge on any atom is 0.155 e. The van der Waals surface area contributed by atoms with E-state index in [0.29, 0.717) is 5.92 Å². The normalized spacial score (nSPS) is 21.6. The Morgan fingerprint density at radius 3 is 2.90 bits per heavy atom. The molecule has 2 heterocycles. The van der Waals surface area contributed by atoms with Crippen LogP contribution in [0.5, 0.6) is 0 Å². The van der Waals surface area contributed by atoms with Crippen LogP contribution in [0, 0.1) is 5.92 Å². The summed E-state index contributed by atoms with van der Waals surface area (Å²) in [5.41, 5.74) is 0. The summed E-state index contributed by atoms with van der Waals surface area (Å²) in [4.78, 5) is 8.60. The molecule has 1 saturated carbocycles. The standard InChI is InChI=1S/C13H15Cl2N5/c1-9(17-7-10-6-13(10,14)15)12-18-8-19-20(12)11-4-2-3-5-16-11/h2-5,8-10,17H,6-7H2,1H3. The Balaban J connectivity index is 1.70. The summed E-state index contributed by atoms with van der Waals surface area (Å²) < 4.78 is 1.18. The summed E-state index contributed by atoms with van der Waals surface area (Å²) in [6, 6.07) is 5.74. The van der Waals surface area contributed by atoms with Gasteiger partial charge in [-0.15, -0.1) is 23.2 Å². The van der Waals surface area contributed by atoms with Crippen LogP contribution in [-0.2, 0) is 0 Å². The number of pyridine rings is 1. The molecule has 0 saturated heterocycles. The third-order valence-electron chi connectivity index (χ3n) is 3.45. The first kappa shape index (κ1) is 13.8. The highest BCUT2D eigenvalue weighted by Crippen LogP contribution is 2.52. The summed E-state index contributed by atoms with van der Waals surface area (Å²) in [7, 11) is 0. The maximum atomic E-state index is 6.03. The number of halogens is 2. The minimum absolute atomic E-state index is 0.0456. The van der Waals surface area contributed by atoms with Gasteiger partial charge in [0.2, 0.25) is 0 Å². The molecule has 1 fully saturated rings. The highest BCUT2D eigenvalue weighted by molar-refractivity contribution is 6.50. The molecule has 2 atom stereocenters. The van der Waals surface area contributed by atoms with E-state index < -0.39 is 4.33 Å². The molecular weight excluding hydrogens is 297 g/mol. The average Bonchev–Trinajstić information content (AvgIpc) is 2.88. The minimum atomic E-state index is -0.554. The smallest absolute Gasteiger partial charge is 0.155 e. The maximum absolute atomic E-state index is 6.03. The quantitative estimate of drug-likeness (QED) is 0.862. The first-order valence-corrected chi connectivity index (χ1v) is 7.26. The summed E-state index contributed by atoms with van der Waals surface area (Å²) >= 11 is 12.1. The van der Waals surface area contributed by atoms with Crippen molar-refractivity contribution in [3.8, 4) is 5.82 Å². The van der Waals surface area contributed by atoms with E-state index in [-0.39, 0.29) is 6.04 Å². The topological polar surface area (TPSA) is 55.6 Å². The zero-order chi connectivity index (χ0) is 14.2. The van der Waals surface area contributed by atoms with Gasteiger partial charge in [-0.1, -0.05) is 6.07 Å². The predicted octanol–water partition coefficient (Wildman–Crippen LogP) is 2.51. The van der Waals surface area contributed by atoms with Gasteiger partial charge in [0.25, 0.3) is 0 Å². The fourth-order valence-electron chi connectivity index (χ4n) is 2.10. The monoisotopic (exact) mass is 311 g/mol. The van der Waals surface area contributed by atoms with Gasteiger partial charge >= 0.3 is 0 Å². The number of alkyl halides is 2. The van der Waals surface area contributed by atoms with Crippen molar-refractivity contribution in [3.05, 3.63) is 36.5 Å². The van der Waals surface area contributed by atoms with Crippen LogP contribution in [0.4, 0.5) is 0 Å². The van der Waals surface area contributed by atoms with Crippen LogP contribution in [0.1, 0.15) is 25.2 Å². The number of hydrogen-bond acceptors (Lipinski definition) is 4. The van der Waals surface area contributed by atoms with Crippen LogP contribution in [0.3, 0.4) is 0 Å². The lowest BCUT2D eigenvalue weighted by Gasteiger charge is -2.14. The van der Waals surface area contributed by atoms with E-state index in [1.165, 1.54) is 6.33 Å². The molecule has 0 radical (unpaired) electrons. The third kappa shape index (κ3) is 2.80. The highest BCUT2D eigenvalue weighted by Gasteiger charge is 2.51. The molecule has 2 aromatic rings. The molecule has 1 aliphatic rings. The van der Waals surface area contributed by atoms with Crippen LogP contribution < -0.4 is 5.32 Å². The number of nitrogens with zero attached hydrogens (tertiary/aromatic N) is 4. The van der Waals surface area contributed by atoms with Gasteiger partial charge in [-0.05, 0) is 25.5 Å². The van der Waals surface area contributed by atoms with Crippen molar-refractivity contribution in [1.29, 1.82) is 0 Å². The van der Waals surface area contributed by atoms with Gasteiger partial charge in [0.15, 0.2) is 11.6 Å². The van der Waals surface area contributed by atoms with Crippen molar-refractivity contribution in [2.45, 2.75) is 23.7 Å². The molecule has 2 unspecified atom stereocenters. The van der Waals surface area contributed by atoms with Crippen molar-refractivity contribution in [2.75, 3.05) is 6.54 Å². The summed E-state index contributed by atoms with van der Waals surface area (Å²) in [6.07, 6.45) is 4.11. The Kier molecular flexibility index (Phi) is 3.67. The molecule has 20 heavy (non-hydrogen) atoms. The van der Waals surface area contributed by atoms with Crippen molar-refractivity contribution in [3.63, 3.8) is 0 Å². The molecule has 3 rings (SSSR count). The van der Waals surface area contributed by atoms with Crippen LogP contribution in [-0.4, -0.2) is 30.6 Å². The van der Waals surface area contributed by atoms with Crippen molar-refractivity contribution >= 4 is 23.2 Å². The number of rotatable bonds is 5. The summed E-state index contributed by atoms with van der Waals surface area (Å²) in [6.45, 7) is 2.80. The van der Waals surface area contributed by atoms with Gasteiger partial charge in [0.1, 0.15) is 10.7 Å². The SMILES string of the molecule is CC(NCC1CC1(Cl)Cl)c1ncnn1-c1ccccn1. The second-order valence-corrected chi connectivity index (χ2v) is 6.55. The van der Waals surface area contributed by atoms with E-state index in [0.717, 1.165) is 24.6 Å². The van der Waals surface area contributed by atoms with E-state index in [9.17, 15) is 0 Å². The molecule has 106 valence electrons. The predicted molar refractivity (Wildman–Crippen MR) is 78.1 cm³/mol. The van der Waals surface area contributed by atoms with E-state index >= 15 is 0 Å². The van der Waals surface area contributed by atoms with Gasteiger partial charge in [0.05, 0.1) is 6.04 Å². The lowest BCUT2D eigenvalue weighted by Crippen LogP contribution is -2.25. The molecule has 7 heteroatoms. The third-order valence-corrected chi connectivity index (χ3v) is 4.38. The van der Waals surface area contributed by atoms with Gasteiger partial charge in [0, 0.05) is 18.7 Å². The van der Waals surface area contributed by atoms with Crippen LogP contribution >= 0.6 is 23.2 Å². The summed E-state index contributed by atoms with van der Waals surface area (Å²) in [5, 5.41) is 7.62. The second-order valence-electron chi connectivity index (χ2n) is 5.01. The Labute approximate surface area is 127 Å². The second kappa shape index (κ2) is 5.31. The average molecular weight is 312 g/mol. The fraction of sp³-hybridized carbons (Fsp3) is 0.462. The van der Waals surface area contributed by atoms with Gasteiger partial charge in [-0.2, -0.15) is 9.78 Å².